The van der Waals surface area contributed by atoms with Gasteiger partial charge in [-0.15, -0.1) is 0 Å². The Morgan fingerprint density at radius 2 is 1.51 bits per heavy atom. The van der Waals surface area contributed by atoms with Crippen LogP contribution in [0, 0.1) is 25.8 Å². The van der Waals surface area contributed by atoms with E-state index in [0.717, 1.165) is 33.8 Å². The molecule has 0 atom stereocenters. The van der Waals surface area contributed by atoms with Crippen LogP contribution in [-0.4, -0.2) is 36.5 Å². The van der Waals surface area contributed by atoms with E-state index >= 15 is 0 Å². The number of rotatable bonds is 3. The van der Waals surface area contributed by atoms with Crippen LogP contribution in [0.4, 0.5) is 0 Å². The number of hydrogen-bond donors (Lipinski definition) is 0. The molecule has 8 rings (SSSR count). The summed E-state index contributed by atoms with van der Waals surface area (Å²) < 4.78 is 57.6. The SMILES string of the molecule is [2H]C([2H])([2H])c1cnc(-c2[c-]ccc3c2oc2cc4[c](cc23)[Ge]([CH3])([CH3])[c]2ccccc2-4)cc1C([2H])([2H])[2H].[CH3][Ge]([CH3])([CH3])[c]1ccc(-c2[c-]cccc2)nc1.[Ir]. The quantitative estimate of drug-likeness (QED) is 0.131. The third kappa shape index (κ3) is 6.22. The number of hydrogen-bond acceptors (Lipinski definition) is 3. The molecule has 0 bridgehead atoms. The van der Waals surface area contributed by atoms with Gasteiger partial charge in [-0.1, -0.05) is 0 Å². The molecule has 3 nitrogen and oxygen atoms in total. The van der Waals surface area contributed by atoms with E-state index in [1.165, 1.54) is 30.4 Å². The van der Waals surface area contributed by atoms with E-state index in [1.54, 1.807) is 6.07 Å². The molecule has 0 fully saturated rings. The second-order valence-electron chi connectivity index (χ2n) is 13.3. The zero-order chi connectivity index (χ0) is 37.2. The monoisotopic (exact) mass is 921 g/mol. The topological polar surface area (TPSA) is 38.9 Å². The molecule has 0 N–H and O–H groups in total. The van der Waals surface area contributed by atoms with Gasteiger partial charge in [0.1, 0.15) is 0 Å². The Kier molecular flexibility index (Phi) is 7.35. The fourth-order valence-corrected chi connectivity index (χ4v) is 14.9. The molecule has 0 unspecified atom stereocenters. The van der Waals surface area contributed by atoms with Crippen molar-refractivity contribution < 1.29 is 32.7 Å². The summed E-state index contributed by atoms with van der Waals surface area (Å²) in [4.78, 5) is 8.86. The third-order valence-corrected chi connectivity index (χ3v) is 20.6. The second-order valence-corrected chi connectivity index (χ2v) is 33.1. The standard InChI is InChI=1S/C27H22GeNO.C14H16GeN.Ir/c1-16-12-25(29-15-17(16)2)20-10-7-9-19-22-13-24-21(14-26(22)30-27(19)20)18-8-5-6-11-23(18)28(24,3)4;1-15(2,3)13-9-10-14(16-11-13)12-7-5-4-6-8-12;/h5-9,11-15H,1-4H3;4-7,9-11H,1-3H3;/q2*-1;/i1D3,2D3;;. The van der Waals surface area contributed by atoms with Crippen LogP contribution in [-0.2, 0) is 20.1 Å². The zero-order valence-corrected chi connectivity index (χ0v) is 33.5. The van der Waals surface area contributed by atoms with Gasteiger partial charge in [0.2, 0.25) is 0 Å². The second kappa shape index (κ2) is 13.0. The van der Waals surface area contributed by atoms with E-state index in [1.807, 2.05) is 36.5 Å². The van der Waals surface area contributed by atoms with E-state index in [2.05, 4.69) is 99.4 Å². The van der Waals surface area contributed by atoms with Crippen LogP contribution in [0.3, 0.4) is 0 Å². The minimum Gasteiger partial charge on any atom is 0 e. The van der Waals surface area contributed by atoms with Gasteiger partial charge >= 0.3 is 287 Å². The molecule has 0 saturated carbocycles. The molecule has 0 spiro atoms. The molecule has 6 heteroatoms. The number of aryl methyl sites for hydroxylation is 2. The summed E-state index contributed by atoms with van der Waals surface area (Å²) >= 11 is -4.18. The van der Waals surface area contributed by atoms with E-state index in [4.69, 9.17) is 12.6 Å². The largest absolute Gasteiger partial charge is 0 e. The van der Waals surface area contributed by atoms with Crippen LogP contribution >= 0.6 is 0 Å². The third-order valence-electron chi connectivity index (χ3n) is 8.91. The molecule has 0 aliphatic carbocycles. The Morgan fingerprint density at radius 3 is 2.23 bits per heavy atom. The molecule has 47 heavy (non-hydrogen) atoms. The van der Waals surface area contributed by atoms with Crippen molar-refractivity contribution in [1.29, 1.82) is 0 Å². The van der Waals surface area contributed by atoms with Crippen molar-refractivity contribution in [3.05, 3.63) is 127 Å². The van der Waals surface area contributed by atoms with Gasteiger partial charge in [0, 0.05) is 20.1 Å². The minimum atomic E-state index is -2.60. The van der Waals surface area contributed by atoms with Crippen LogP contribution in [0.15, 0.2) is 108 Å². The van der Waals surface area contributed by atoms with Crippen molar-refractivity contribution in [2.75, 3.05) is 0 Å². The Balaban J connectivity index is 0.000000238. The first-order chi connectivity index (χ1) is 24.4. The summed E-state index contributed by atoms with van der Waals surface area (Å²) in [5.74, 6) is 12.0. The first kappa shape index (κ1) is 26.6. The van der Waals surface area contributed by atoms with Gasteiger partial charge in [-0.2, -0.15) is 0 Å². The van der Waals surface area contributed by atoms with Crippen molar-refractivity contribution in [3.63, 3.8) is 0 Å². The molecule has 7 aromatic rings. The predicted molar refractivity (Wildman–Crippen MR) is 199 cm³/mol. The average molecular weight is 918 g/mol. The molecule has 4 heterocycles. The number of furan rings is 1. The van der Waals surface area contributed by atoms with Crippen molar-refractivity contribution in [3.8, 4) is 33.6 Å². The summed E-state index contributed by atoms with van der Waals surface area (Å²) in [6, 6.07) is 36.7. The first-order valence-corrected chi connectivity index (χ1v) is 29.0. The number of pyridine rings is 2. The summed E-state index contributed by atoms with van der Waals surface area (Å²) in [5.41, 5.74) is 6.18. The van der Waals surface area contributed by atoms with Crippen molar-refractivity contribution >= 4 is 61.7 Å². The van der Waals surface area contributed by atoms with E-state index in [-0.39, 0.29) is 31.2 Å². The van der Waals surface area contributed by atoms with E-state index < -0.39 is 40.2 Å². The Hall–Kier alpha value is -3.28. The van der Waals surface area contributed by atoms with Gasteiger partial charge in [0.05, 0.1) is 0 Å². The number of aromatic nitrogens is 2. The zero-order valence-electron chi connectivity index (χ0n) is 33.0. The van der Waals surface area contributed by atoms with Gasteiger partial charge < -0.3 is 0 Å². The molecular weight excluding hydrogens is 874 g/mol. The Morgan fingerprint density at radius 1 is 0.723 bits per heavy atom. The summed E-state index contributed by atoms with van der Waals surface area (Å²) in [5, 5.41) is 1.90. The maximum absolute atomic E-state index is 7.90. The summed E-state index contributed by atoms with van der Waals surface area (Å²) in [7, 11) is 0. The fraction of sp³-hybridized carbons (Fsp3) is 0.171. The molecule has 237 valence electrons. The van der Waals surface area contributed by atoms with Crippen LogP contribution in [0.2, 0.25) is 28.8 Å². The number of benzene rings is 4. The maximum atomic E-state index is 7.90. The predicted octanol–water partition coefficient (Wildman–Crippen LogP) is 8.96. The number of nitrogens with zero attached hydrogens (tertiary/aromatic N) is 2. The molecule has 3 aromatic heterocycles. The van der Waals surface area contributed by atoms with Crippen molar-refractivity contribution in [1.82, 2.24) is 9.97 Å². The molecule has 0 amide bonds. The van der Waals surface area contributed by atoms with E-state index in [9.17, 15) is 0 Å². The molecule has 1 radical (unpaired) electrons. The van der Waals surface area contributed by atoms with Gasteiger partial charge in [-0.05, 0) is 0 Å². The minimum absolute atomic E-state index is 0. The molecule has 1 aliphatic rings. The number of fused-ring (bicyclic) bond motifs is 6. The van der Waals surface area contributed by atoms with Gasteiger partial charge in [-0.3, -0.25) is 0 Å². The van der Waals surface area contributed by atoms with Crippen LogP contribution in [0.25, 0.3) is 55.6 Å². The Bertz CT molecular complexity index is 2450. The normalized spacial score (nSPS) is 15.4. The summed E-state index contributed by atoms with van der Waals surface area (Å²) in [6.45, 7) is -5.19. The van der Waals surface area contributed by atoms with Crippen LogP contribution < -0.4 is 13.2 Å². The van der Waals surface area contributed by atoms with Crippen molar-refractivity contribution in [2.24, 2.45) is 0 Å². The van der Waals surface area contributed by atoms with Crippen LogP contribution in [0.5, 0.6) is 0 Å². The van der Waals surface area contributed by atoms with E-state index in [0.29, 0.717) is 16.8 Å². The Labute approximate surface area is 305 Å². The smallest absolute Gasteiger partial charge is 0 e. The molecule has 4 aromatic carbocycles. The van der Waals surface area contributed by atoms with Gasteiger partial charge in [-0.25, -0.2) is 0 Å². The van der Waals surface area contributed by atoms with Gasteiger partial charge in [0.25, 0.3) is 0 Å². The van der Waals surface area contributed by atoms with Gasteiger partial charge in [0.15, 0.2) is 0 Å². The molecular formula is C41H38Ge2IrN2O-2. The maximum Gasteiger partial charge on any atom is 0 e. The molecule has 1 aliphatic heterocycles. The summed E-state index contributed by atoms with van der Waals surface area (Å²) in [6.07, 6.45) is 3.18. The average Bonchev–Trinajstić information content (AvgIpc) is 3.58. The molecule has 0 saturated heterocycles. The first-order valence-electron chi connectivity index (χ1n) is 18.4. The van der Waals surface area contributed by atoms with Crippen molar-refractivity contribution in [2.45, 2.75) is 42.5 Å². The van der Waals surface area contributed by atoms with Crippen LogP contribution in [0.1, 0.15) is 19.4 Å². The fourth-order valence-electron chi connectivity index (χ4n) is 6.27.